The first-order valence-corrected chi connectivity index (χ1v) is 4.40. The van der Waals surface area contributed by atoms with Crippen molar-refractivity contribution in [2.45, 2.75) is 13.3 Å². The summed E-state index contributed by atoms with van der Waals surface area (Å²) in [5.41, 5.74) is 5.53. The van der Waals surface area contributed by atoms with Crippen LogP contribution in [0.5, 0.6) is 0 Å². The molecule has 14 heavy (non-hydrogen) atoms. The molecule has 0 aliphatic heterocycles. The van der Waals surface area contributed by atoms with Crippen LogP contribution in [0.4, 0.5) is 0 Å². The fourth-order valence-corrected chi connectivity index (χ4v) is 1.23. The molecule has 1 unspecified atom stereocenters. The molecule has 74 valence electrons. The maximum absolute atomic E-state index is 11.7. The van der Waals surface area contributed by atoms with E-state index in [2.05, 4.69) is 4.98 Å². The summed E-state index contributed by atoms with van der Waals surface area (Å²) in [7, 11) is 0. The number of nitrogens with two attached hydrogens (primary N) is 1. The molecule has 0 saturated heterocycles. The minimum absolute atomic E-state index is 0.256. The van der Waals surface area contributed by atoms with Crippen LogP contribution >= 0.6 is 0 Å². The van der Waals surface area contributed by atoms with E-state index in [1.165, 1.54) is 6.20 Å². The number of carbonyl (C=O) groups is 2. The molecule has 1 rings (SSSR count). The van der Waals surface area contributed by atoms with E-state index in [1.807, 2.05) is 0 Å². The van der Waals surface area contributed by atoms with Crippen LogP contribution in [0.2, 0.25) is 0 Å². The van der Waals surface area contributed by atoms with Gasteiger partial charge in [-0.25, -0.2) is 0 Å². The van der Waals surface area contributed by atoms with Gasteiger partial charge < -0.3 is 5.73 Å². The molecule has 1 aromatic heterocycles. The van der Waals surface area contributed by atoms with Crippen molar-refractivity contribution < 1.29 is 9.59 Å². The summed E-state index contributed by atoms with van der Waals surface area (Å²) in [6, 6.07) is 3.28. The van der Waals surface area contributed by atoms with Crippen molar-refractivity contribution in [3.05, 3.63) is 30.1 Å². The first-order chi connectivity index (χ1) is 6.66. The SMILES string of the molecule is CCC(C(N)=O)C(=O)c1cccnc1. The Labute approximate surface area is 82.1 Å². The second kappa shape index (κ2) is 4.50. The molecule has 2 N–H and O–H groups in total. The molecule has 1 heterocycles. The number of primary amides is 1. The molecule has 0 radical (unpaired) electrons. The van der Waals surface area contributed by atoms with Crippen LogP contribution in [0.15, 0.2) is 24.5 Å². The fraction of sp³-hybridized carbons (Fsp3) is 0.300. The molecular weight excluding hydrogens is 180 g/mol. The van der Waals surface area contributed by atoms with E-state index in [1.54, 1.807) is 25.3 Å². The average Bonchev–Trinajstić information content (AvgIpc) is 2.19. The van der Waals surface area contributed by atoms with Crippen molar-refractivity contribution in [2.75, 3.05) is 0 Å². The van der Waals surface area contributed by atoms with Crippen molar-refractivity contribution >= 4 is 11.7 Å². The van der Waals surface area contributed by atoms with Crippen molar-refractivity contribution in [3.8, 4) is 0 Å². The summed E-state index contributed by atoms with van der Waals surface area (Å²) in [5.74, 6) is -1.58. The smallest absolute Gasteiger partial charge is 0.228 e. The van der Waals surface area contributed by atoms with Crippen LogP contribution in [0.1, 0.15) is 23.7 Å². The molecule has 1 aromatic rings. The highest BCUT2D eigenvalue weighted by molar-refractivity contribution is 6.09. The Morgan fingerprint density at radius 2 is 2.29 bits per heavy atom. The zero-order valence-corrected chi connectivity index (χ0v) is 7.93. The molecule has 0 aliphatic carbocycles. The van der Waals surface area contributed by atoms with Crippen LogP contribution in [-0.2, 0) is 4.79 Å². The molecule has 4 nitrogen and oxygen atoms in total. The third-order valence-corrected chi connectivity index (χ3v) is 2.01. The Morgan fingerprint density at radius 1 is 1.57 bits per heavy atom. The minimum Gasteiger partial charge on any atom is -0.369 e. The first kappa shape index (κ1) is 10.4. The van der Waals surface area contributed by atoms with Crippen LogP contribution < -0.4 is 5.73 Å². The van der Waals surface area contributed by atoms with E-state index in [-0.39, 0.29) is 5.78 Å². The molecule has 0 aromatic carbocycles. The van der Waals surface area contributed by atoms with Gasteiger partial charge in [0.2, 0.25) is 5.91 Å². The van der Waals surface area contributed by atoms with E-state index in [0.717, 1.165) is 0 Å². The number of Topliss-reactive ketones (excluding diaryl/α,β-unsaturated/α-hetero) is 1. The molecule has 0 aliphatic rings. The molecule has 1 atom stereocenters. The summed E-state index contributed by atoms with van der Waals surface area (Å²) >= 11 is 0. The van der Waals surface area contributed by atoms with Crippen LogP contribution in [0, 0.1) is 5.92 Å². The van der Waals surface area contributed by atoms with Gasteiger partial charge in [-0.3, -0.25) is 14.6 Å². The van der Waals surface area contributed by atoms with E-state index in [4.69, 9.17) is 5.73 Å². The number of nitrogens with zero attached hydrogens (tertiary/aromatic N) is 1. The van der Waals surface area contributed by atoms with Gasteiger partial charge in [0.1, 0.15) is 5.92 Å². The van der Waals surface area contributed by atoms with Crippen LogP contribution in [-0.4, -0.2) is 16.7 Å². The third-order valence-electron chi connectivity index (χ3n) is 2.01. The maximum atomic E-state index is 11.7. The van der Waals surface area contributed by atoms with Crippen LogP contribution in [0.25, 0.3) is 0 Å². The summed E-state index contributed by atoms with van der Waals surface area (Å²) in [6.45, 7) is 1.75. The number of pyridine rings is 1. The highest BCUT2D eigenvalue weighted by Gasteiger charge is 2.23. The zero-order chi connectivity index (χ0) is 10.6. The van der Waals surface area contributed by atoms with Crippen molar-refractivity contribution in [3.63, 3.8) is 0 Å². The Morgan fingerprint density at radius 3 is 2.71 bits per heavy atom. The Balaban J connectivity index is 2.89. The van der Waals surface area contributed by atoms with Crippen molar-refractivity contribution in [2.24, 2.45) is 11.7 Å². The number of hydrogen-bond acceptors (Lipinski definition) is 3. The number of ketones is 1. The Bertz CT molecular complexity index is 335. The van der Waals surface area contributed by atoms with Gasteiger partial charge in [0.15, 0.2) is 5.78 Å². The van der Waals surface area contributed by atoms with Gasteiger partial charge >= 0.3 is 0 Å². The van der Waals surface area contributed by atoms with Gasteiger partial charge in [-0.1, -0.05) is 6.92 Å². The topological polar surface area (TPSA) is 73.1 Å². The normalized spacial score (nSPS) is 12.1. The Hall–Kier alpha value is -1.71. The molecule has 0 spiro atoms. The number of carbonyl (C=O) groups excluding carboxylic acids is 2. The number of amides is 1. The highest BCUT2D eigenvalue weighted by Crippen LogP contribution is 2.10. The van der Waals surface area contributed by atoms with Crippen molar-refractivity contribution in [1.29, 1.82) is 0 Å². The van der Waals surface area contributed by atoms with E-state index < -0.39 is 11.8 Å². The number of rotatable bonds is 4. The number of hydrogen-bond donors (Lipinski definition) is 1. The lowest BCUT2D eigenvalue weighted by atomic mass is 9.96. The summed E-state index contributed by atoms with van der Waals surface area (Å²) in [6.07, 6.45) is 3.43. The zero-order valence-electron chi connectivity index (χ0n) is 7.93. The standard InChI is InChI=1S/C10H12N2O2/c1-2-8(10(11)14)9(13)7-4-3-5-12-6-7/h3-6,8H,2H2,1H3,(H2,11,14). The molecule has 0 fully saturated rings. The van der Waals surface area contributed by atoms with Gasteiger partial charge in [0.05, 0.1) is 0 Å². The molecule has 1 amide bonds. The lowest BCUT2D eigenvalue weighted by molar-refractivity contribution is -0.120. The number of aromatic nitrogens is 1. The van der Waals surface area contributed by atoms with Gasteiger partial charge in [0, 0.05) is 18.0 Å². The molecule has 0 saturated carbocycles. The highest BCUT2D eigenvalue weighted by atomic mass is 16.2. The average molecular weight is 192 g/mol. The van der Waals surface area contributed by atoms with E-state index in [0.29, 0.717) is 12.0 Å². The minimum atomic E-state index is -0.737. The maximum Gasteiger partial charge on any atom is 0.228 e. The largest absolute Gasteiger partial charge is 0.369 e. The van der Waals surface area contributed by atoms with Crippen molar-refractivity contribution in [1.82, 2.24) is 4.98 Å². The second-order valence-electron chi connectivity index (χ2n) is 2.97. The monoisotopic (exact) mass is 192 g/mol. The predicted molar refractivity (Wildman–Crippen MR) is 51.5 cm³/mol. The van der Waals surface area contributed by atoms with Gasteiger partial charge in [-0.2, -0.15) is 0 Å². The quantitative estimate of drug-likeness (QED) is 0.565. The fourth-order valence-electron chi connectivity index (χ4n) is 1.23. The molecular formula is C10H12N2O2. The molecule has 4 heteroatoms. The summed E-state index contributed by atoms with van der Waals surface area (Å²) in [4.78, 5) is 26.4. The van der Waals surface area contributed by atoms with E-state index in [9.17, 15) is 9.59 Å². The predicted octanol–water partition coefficient (Wildman–Crippen LogP) is 0.776. The van der Waals surface area contributed by atoms with E-state index >= 15 is 0 Å². The van der Waals surface area contributed by atoms with Gasteiger partial charge in [-0.05, 0) is 18.6 Å². The van der Waals surface area contributed by atoms with Gasteiger partial charge in [0.25, 0.3) is 0 Å². The van der Waals surface area contributed by atoms with Crippen LogP contribution in [0.3, 0.4) is 0 Å². The van der Waals surface area contributed by atoms with Gasteiger partial charge in [-0.15, -0.1) is 0 Å². The summed E-state index contributed by atoms with van der Waals surface area (Å²) < 4.78 is 0. The Kier molecular flexibility index (Phi) is 3.34. The third kappa shape index (κ3) is 2.16. The lowest BCUT2D eigenvalue weighted by Crippen LogP contribution is -2.29. The summed E-state index contributed by atoms with van der Waals surface area (Å²) in [5, 5.41) is 0. The second-order valence-corrected chi connectivity index (χ2v) is 2.97. The lowest BCUT2D eigenvalue weighted by Gasteiger charge is -2.08. The first-order valence-electron chi connectivity index (χ1n) is 4.40. The molecule has 0 bridgehead atoms.